The van der Waals surface area contributed by atoms with Crippen LogP contribution in [-0.2, 0) is 39.7 Å². The van der Waals surface area contributed by atoms with Crippen LogP contribution in [0.3, 0.4) is 0 Å². The number of phenolic OH excluding ortho intramolecular Hbond substituents is 3. The standard InChI is InChI=1S/C27H36N4O3.Tc/c32-25-10-4-1-7-22(25)19-28-13-16-31(17-14-29-20-23-8-2-5-11-26(23)33)18-15-30-21-24-9-3-6-12-27(24)34;/h1-12,28-30,32-34H,13-21H2;/i;1+1. The summed E-state index contributed by atoms with van der Waals surface area (Å²) in [5, 5.41) is 40.0. The average molecular weight is 564 g/mol. The van der Waals surface area contributed by atoms with E-state index in [-0.39, 0.29) is 20.1 Å². The van der Waals surface area contributed by atoms with Gasteiger partial charge >= 0.3 is 0 Å². The molecule has 0 atom stereocenters. The minimum atomic E-state index is 0. The van der Waals surface area contributed by atoms with Crippen molar-refractivity contribution in [3.63, 3.8) is 0 Å². The van der Waals surface area contributed by atoms with Crippen molar-refractivity contribution in [2.75, 3.05) is 39.3 Å². The summed E-state index contributed by atoms with van der Waals surface area (Å²) in [5.74, 6) is 0.941. The van der Waals surface area contributed by atoms with Gasteiger partial charge in [-0.25, -0.2) is 0 Å². The predicted molar refractivity (Wildman–Crippen MR) is 136 cm³/mol. The maximum atomic E-state index is 9.93. The van der Waals surface area contributed by atoms with Crippen LogP contribution in [0.4, 0.5) is 0 Å². The van der Waals surface area contributed by atoms with Crippen LogP contribution >= 0.6 is 0 Å². The van der Waals surface area contributed by atoms with Crippen molar-refractivity contribution >= 4 is 0 Å². The topological polar surface area (TPSA) is 100 Å². The van der Waals surface area contributed by atoms with E-state index in [0.29, 0.717) is 36.9 Å². The molecule has 0 bridgehead atoms. The Hall–Kier alpha value is -2.45. The largest absolute Gasteiger partial charge is 0.508 e. The fourth-order valence-electron chi connectivity index (χ4n) is 3.70. The Bertz CT molecular complexity index is 878. The number of para-hydroxylation sites is 3. The SMILES string of the molecule is Oc1ccccc1CNCCN(CCNCc1ccccc1O)CCNCc1ccccc1O.[99Tc]. The summed E-state index contributed by atoms with van der Waals surface area (Å²) in [5.41, 5.74) is 2.67. The summed E-state index contributed by atoms with van der Waals surface area (Å²) in [6.07, 6.45) is 0. The van der Waals surface area contributed by atoms with E-state index in [0.717, 1.165) is 56.0 Å². The fourth-order valence-corrected chi connectivity index (χ4v) is 3.70. The molecule has 189 valence electrons. The third-order valence-corrected chi connectivity index (χ3v) is 5.74. The molecule has 0 aliphatic heterocycles. The second kappa shape index (κ2) is 16.3. The maximum absolute atomic E-state index is 9.93. The number of aromatic hydroxyl groups is 3. The van der Waals surface area contributed by atoms with Crippen LogP contribution in [0.15, 0.2) is 72.8 Å². The maximum Gasteiger partial charge on any atom is 0.120 e. The average Bonchev–Trinajstić information content (AvgIpc) is 2.84. The minimum Gasteiger partial charge on any atom is -0.508 e. The second-order valence-electron chi connectivity index (χ2n) is 8.26. The molecule has 0 fully saturated rings. The Kier molecular flexibility index (Phi) is 13.4. The zero-order valence-corrected chi connectivity index (χ0v) is 21.8. The molecule has 0 spiro atoms. The molecular weight excluding hydrogens is 527 g/mol. The van der Waals surface area contributed by atoms with Crippen molar-refractivity contribution in [3.05, 3.63) is 89.5 Å². The number of nitrogens with zero attached hydrogens (tertiary/aromatic N) is 1. The molecule has 0 unspecified atom stereocenters. The Morgan fingerprint density at radius 2 is 0.771 bits per heavy atom. The normalized spacial score (nSPS) is 10.9. The molecular formula is C27H36N4O3Tc. The van der Waals surface area contributed by atoms with Gasteiger partial charge in [-0.3, -0.25) is 4.90 Å². The smallest absolute Gasteiger partial charge is 0.120 e. The van der Waals surface area contributed by atoms with Gasteiger partial charge in [-0.15, -0.1) is 0 Å². The first-order chi connectivity index (χ1) is 16.6. The summed E-state index contributed by atoms with van der Waals surface area (Å²) in [7, 11) is 0. The predicted octanol–water partition coefficient (Wildman–Crippen LogP) is 2.77. The van der Waals surface area contributed by atoms with Gasteiger partial charge in [0.25, 0.3) is 0 Å². The molecule has 3 rings (SSSR count). The number of benzene rings is 3. The van der Waals surface area contributed by atoms with Gasteiger partial charge in [-0.1, -0.05) is 54.6 Å². The molecule has 0 amide bonds. The van der Waals surface area contributed by atoms with Crippen molar-refractivity contribution in [1.29, 1.82) is 0 Å². The van der Waals surface area contributed by atoms with Gasteiger partial charge < -0.3 is 31.3 Å². The van der Waals surface area contributed by atoms with E-state index in [9.17, 15) is 15.3 Å². The van der Waals surface area contributed by atoms with Crippen molar-refractivity contribution in [3.8, 4) is 17.2 Å². The van der Waals surface area contributed by atoms with Gasteiger partial charge in [-0.05, 0) is 18.2 Å². The van der Waals surface area contributed by atoms with Crippen LogP contribution in [-0.4, -0.2) is 59.5 Å². The molecule has 7 nitrogen and oxygen atoms in total. The third kappa shape index (κ3) is 10.4. The Balaban J connectivity index is 0.00000432. The van der Waals surface area contributed by atoms with Crippen LogP contribution in [0.5, 0.6) is 17.2 Å². The Labute approximate surface area is 221 Å². The van der Waals surface area contributed by atoms with Gasteiger partial charge in [0, 0.05) is 95.7 Å². The Morgan fingerprint density at radius 1 is 0.486 bits per heavy atom. The molecule has 3 aromatic rings. The van der Waals surface area contributed by atoms with Gasteiger partial charge in [0.1, 0.15) is 17.2 Å². The fraction of sp³-hybridized carbons (Fsp3) is 0.333. The van der Waals surface area contributed by atoms with E-state index in [1.54, 1.807) is 18.2 Å². The van der Waals surface area contributed by atoms with Gasteiger partial charge in [0.15, 0.2) is 0 Å². The first kappa shape index (κ1) is 28.8. The van der Waals surface area contributed by atoms with Crippen LogP contribution in [0, 0.1) is 0 Å². The number of nitrogens with one attached hydrogen (secondary N) is 3. The van der Waals surface area contributed by atoms with Crippen molar-refractivity contribution in [2.45, 2.75) is 19.6 Å². The van der Waals surface area contributed by atoms with Crippen LogP contribution in [0.2, 0.25) is 0 Å². The van der Waals surface area contributed by atoms with Gasteiger partial charge in [0.2, 0.25) is 0 Å². The molecule has 8 heteroatoms. The van der Waals surface area contributed by atoms with Gasteiger partial charge in [-0.2, -0.15) is 0 Å². The Morgan fingerprint density at radius 3 is 1.06 bits per heavy atom. The molecule has 6 N–H and O–H groups in total. The second-order valence-corrected chi connectivity index (χ2v) is 8.26. The minimum absolute atomic E-state index is 0. The number of phenols is 3. The molecule has 0 aromatic heterocycles. The van der Waals surface area contributed by atoms with Crippen LogP contribution < -0.4 is 16.0 Å². The summed E-state index contributed by atoms with van der Waals surface area (Å²) in [6.45, 7) is 6.86. The summed E-state index contributed by atoms with van der Waals surface area (Å²) >= 11 is 0. The zero-order valence-electron chi connectivity index (χ0n) is 20.0. The van der Waals surface area contributed by atoms with E-state index in [2.05, 4.69) is 20.9 Å². The summed E-state index contributed by atoms with van der Waals surface area (Å²) in [6, 6.07) is 22.1. The molecule has 0 aliphatic carbocycles. The number of rotatable bonds is 15. The van der Waals surface area contributed by atoms with E-state index < -0.39 is 0 Å². The molecule has 3 aromatic carbocycles. The first-order valence-corrected chi connectivity index (χ1v) is 11.8. The molecule has 0 aliphatic rings. The molecule has 0 saturated carbocycles. The molecule has 0 heterocycles. The number of hydrogen-bond acceptors (Lipinski definition) is 7. The quantitative estimate of drug-likeness (QED) is 0.158. The molecule has 0 saturated heterocycles. The van der Waals surface area contributed by atoms with Crippen molar-refractivity contribution < 1.29 is 35.4 Å². The zero-order chi connectivity index (χ0) is 24.0. The van der Waals surface area contributed by atoms with Gasteiger partial charge in [0.05, 0.1) is 0 Å². The summed E-state index contributed by atoms with van der Waals surface area (Å²) < 4.78 is 0. The molecule has 1 radical (unpaired) electrons. The molecule has 35 heavy (non-hydrogen) atoms. The first-order valence-electron chi connectivity index (χ1n) is 11.8. The van der Waals surface area contributed by atoms with E-state index >= 15 is 0 Å². The monoisotopic (exact) mass is 563 g/mol. The van der Waals surface area contributed by atoms with Crippen LogP contribution in [0.1, 0.15) is 16.7 Å². The van der Waals surface area contributed by atoms with Crippen molar-refractivity contribution in [2.24, 2.45) is 0 Å². The number of hydrogen-bond donors (Lipinski definition) is 6. The van der Waals surface area contributed by atoms with E-state index in [1.807, 2.05) is 54.6 Å². The third-order valence-electron chi connectivity index (χ3n) is 5.74. The van der Waals surface area contributed by atoms with Crippen molar-refractivity contribution in [1.82, 2.24) is 20.9 Å². The summed E-state index contributed by atoms with van der Waals surface area (Å²) in [4.78, 5) is 2.37. The van der Waals surface area contributed by atoms with E-state index in [1.165, 1.54) is 0 Å². The van der Waals surface area contributed by atoms with E-state index in [4.69, 9.17) is 0 Å². The van der Waals surface area contributed by atoms with Crippen LogP contribution in [0.25, 0.3) is 0 Å².